The van der Waals surface area contributed by atoms with E-state index in [1.54, 1.807) is 11.0 Å². The number of benzene rings is 1. The number of nitrogens with zero attached hydrogens (tertiary/aromatic N) is 1. The number of cyclic esters (lactones) is 1. The summed E-state index contributed by atoms with van der Waals surface area (Å²) in [5, 5.41) is 6.18. The minimum Gasteiger partial charge on any atom is -0.442 e. The predicted molar refractivity (Wildman–Crippen MR) is 122 cm³/mol. The summed E-state index contributed by atoms with van der Waals surface area (Å²) in [6.07, 6.45) is 1.60. The van der Waals surface area contributed by atoms with Crippen molar-refractivity contribution in [1.29, 1.82) is 0 Å². The molecule has 2 heterocycles. The molecule has 8 nitrogen and oxygen atoms in total. The van der Waals surface area contributed by atoms with E-state index >= 15 is 0 Å². The maximum absolute atomic E-state index is 12.3. The molecule has 164 valence electrons. The number of nitrogens with one attached hydrogen (secondary N) is 3. The highest BCUT2D eigenvalue weighted by atomic mass is 32.1. The Balaban J connectivity index is 1.23. The number of aryl methyl sites for hydroxylation is 1. The Morgan fingerprint density at radius 2 is 2.03 bits per heavy atom. The number of amidine groups is 1. The summed E-state index contributed by atoms with van der Waals surface area (Å²) in [7, 11) is 0. The Morgan fingerprint density at radius 1 is 1.26 bits per heavy atom. The largest absolute Gasteiger partial charge is 0.442 e. The van der Waals surface area contributed by atoms with Gasteiger partial charge in [0.25, 0.3) is 5.91 Å². The van der Waals surface area contributed by atoms with Gasteiger partial charge in [-0.2, -0.15) is 0 Å². The molecule has 2 aliphatic rings. The monoisotopic (exact) mass is 442 g/mol. The Labute approximate surface area is 185 Å². The van der Waals surface area contributed by atoms with Crippen molar-refractivity contribution in [2.45, 2.75) is 25.9 Å². The van der Waals surface area contributed by atoms with E-state index < -0.39 is 6.09 Å². The van der Waals surface area contributed by atoms with E-state index in [2.05, 4.69) is 15.6 Å². The molecular weight excluding hydrogens is 414 g/mol. The van der Waals surface area contributed by atoms with Gasteiger partial charge in [0.2, 0.25) is 5.84 Å². The minimum atomic E-state index is -0.401. The molecule has 2 fully saturated rings. The Kier molecular flexibility index (Phi) is 6.41. The van der Waals surface area contributed by atoms with E-state index in [0.29, 0.717) is 17.3 Å². The van der Waals surface area contributed by atoms with Crippen molar-refractivity contribution < 1.29 is 19.3 Å². The van der Waals surface area contributed by atoms with E-state index in [4.69, 9.17) is 10.5 Å². The van der Waals surface area contributed by atoms with Crippen LogP contribution in [-0.4, -0.2) is 50.1 Å². The minimum absolute atomic E-state index is 0.144. The molecule has 5 N–H and O–H groups in total. The Bertz CT molecular complexity index is 968. The van der Waals surface area contributed by atoms with Crippen LogP contribution in [0.25, 0.3) is 0 Å². The van der Waals surface area contributed by atoms with Gasteiger partial charge in [0, 0.05) is 16.3 Å². The van der Waals surface area contributed by atoms with Crippen molar-refractivity contribution in [2.75, 3.05) is 36.4 Å². The molecule has 1 atom stereocenters. The molecule has 1 aliphatic carbocycles. The number of ether oxygens (including phenoxy) is 1. The number of hydrogen-bond acceptors (Lipinski definition) is 5. The van der Waals surface area contributed by atoms with Crippen molar-refractivity contribution in [2.24, 2.45) is 11.7 Å². The Morgan fingerprint density at radius 3 is 2.71 bits per heavy atom. The quantitative estimate of drug-likeness (QED) is 0.264. The van der Waals surface area contributed by atoms with Crippen LogP contribution in [0, 0.1) is 12.8 Å². The van der Waals surface area contributed by atoms with Crippen LogP contribution in [0.1, 0.15) is 27.4 Å². The zero-order valence-electron chi connectivity index (χ0n) is 17.5. The second-order valence-corrected chi connectivity index (χ2v) is 9.15. The fourth-order valence-electron chi connectivity index (χ4n) is 3.40. The first kappa shape index (κ1) is 21.2. The van der Waals surface area contributed by atoms with Gasteiger partial charge in [0.1, 0.15) is 6.10 Å². The van der Waals surface area contributed by atoms with E-state index in [1.165, 1.54) is 24.2 Å². The summed E-state index contributed by atoms with van der Waals surface area (Å²) in [6.45, 7) is 4.16. The highest BCUT2D eigenvalue weighted by Crippen LogP contribution is 2.27. The fraction of sp³-hybridized carbons (Fsp3) is 0.409. The van der Waals surface area contributed by atoms with Crippen LogP contribution < -0.4 is 26.3 Å². The van der Waals surface area contributed by atoms with Gasteiger partial charge < -0.3 is 15.4 Å². The fourth-order valence-corrected chi connectivity index (χ4v) is 4.18. The molecule has 0 radical (unpaired) electrons. The van der Waals surface area contributed by atoms with Crippen LogP contribution in [-0.2, 0) is 4.74 Å². The molecular formula is C22H28N5O3S+. The van der Waals surface area contributed by atoms with Crippen LogP contribution in [0.4, 0.5) is 16.2 Å². The first-order chi connectivity index (χ1) is 15.0. The van der Waals surface area contributed by atoms with Crippen LogP contribution in [0.5, 0.6) is 0 Å². The van der Waals surface area contributed by atoms with Crippen molar-refractivity contribution in [3.63, 3.8) is 0 Å². The third-order valence-electron chi connectivity index (χ3n) is 5.31. The van der Waals surface area contributed by atoms with Crippen molar-refractivity contribution >= 4 is 40.5 Å². The summed E-state index contributed by atoms with van der Waals surface area (Å²) in [5.74, 6) is 1.30. The highest BCUT2D eigenvalue weighted by Gasteiger charge is 2.32. The van der Waals surface area contributed by atoms with Gasteiger partial charge in [-0.3, -0.25) is 20.4 Å². The molecule has 1 saturated carbocycles. The number of nitrogens with two attached hydrogens (primary N) is 1. The molecule has 1 aliphatic heterocycles. The lowest BCUT2D eigenvalue weighted by molar-refractivity contribution is -0.456. The summed E-state index contributed by atoms with van der Waals surface area (Å²) < 4.78 is 5.41. The maximum atomic E-state index is 12.3. The summed E-state index contributed by atoms with van der Waals surface area (Å²) >= 11 is 1.44. The molecule has 0 spiro atoms. The number of carbonyl (C=O) groups is 2. The molecule has 1 aromatic carbocycles. The molecule has 1 aromatic heterocycles. The van der Waals surface area contributed by atoms with E-state index in [0.717, 1.165) is 35.2 Å². The number of amides is 2. The molecule has 2 aromatic rings. The summed E-state index contributed by atoms with van der Waals surface area (Å²) in [6, 6.07) is 11.4. The number of thiophene rings is 1. The smallest absolute Gasteiger partial charge is 0.414 e. The van der Waals surface area contributed by atoms with Crippen molar-refractivity contribution in [3.05, 3.63) is 46.2 Å². The van der Waals surface area contributed by atoms with Gasteiger partial charge in [0.15, 0.2) is 0 Å². The topological polar surface area (TPSA) is 111 Å². The normalized spacial score (nSPS) is 18.7. The van der Waals surface area contributed by atoms with Crippen LogP contribution >= 0.6 is 11.3 Å². The second kappa shape index (κ2) is 9.38. The van der Waals surface area contributed by atoms with Crippen LogP contribution in [0.3, 0.4) is 0 Å². The maximum Gasteiger partial charge on any atom is 0.414 e. The predicted octanol–water partition coefficient (Wildman–Crippen LogP) is 1.07. The first-order valence-corrected chi connectivity index (χ1v) is 11.3. The third-order valence-corrected chi connectivity index (χ3v) is 6.31. The molecule has 2 amide bonds. The van der Waals surface area contributed by atoms with Crippen LogP contribution in [0.15, 0.2) is 36.4 Å². The van der Waals surface area contributed by atoms with Crippen LogP contribution in [0.2, 0.25) is 0 Å². The molecule has 4 rings (SSSR count). The van der Waals surface area contributed by atoms with Gasteiger partial charge in [-0.1, -0.05) is 0 Å². The number of rotatable bonds is 9. The second-order valence-electron chi connectivity index (χ2n) is 7.87. The number of hydrogen-bond donors (Lipinski definition) is 4. The Hall–Kier alpha value is -3.07. The third kappa shape index (κ3) is 5.55. The average Bonchev–Trinajstić information content (AvgIpc) is 3.43. The molecule has 31 heavy (non-hydrogen) atoms. The molecule has 0 unspecified atom stereocenters. The molecule has 9 heteroatoms. The van der Waals surface area contributed by atoms with E-state index in [9.17, 15) is 9.59 Å². The van der Waals surface area contributed by atoms with Crippen molar-refractivity contribution in [1.82, 2.24) is 5.32 Å². The van der Waals surface area contributed by atoms with Gasteiger partial charge in [0.05, 0.1) is 37.0 Å². The summed E-state index contributed by atoms with van der Waals surface area (Å²) in [5.41, 5.74) is 7.68. The SMILES string of the molecule is Cc1ccc(C(=O)NC[C@H]2CN(c3ccc(NCC[NH+]=C(N)C4CC4)cc3)C(=O)O2)s1. The van der Waals surface area contributed by atoms with E-state index in [-0.39, 0.29) is 18.6 Å². The van der Waals surface area contributed by atoms with E-state index in [1.807, 2.05) is 37.3 Å². The standard InChI is InChI=1S/C22H27N5O3S/c1-14-2-9-19(31-14)21(28)26-12-18-13-27(22(29)30-18)17-7-5-16(6-8-17)24-10-11-25-20(23)15-3-4-15/h2,5-9,15,18,24H,3-4,10-13H2,1H3,(H2,23,25)(H,26,28)/p+1/t18-/m0/s1. The number of anilines is 2. The highest BCUT2D eigenvalue weighted by molar-refractivity contribution is 7.13. The van der Waals surface area contributed by atoms with Gasteiger partial charge in [-0.15, -0.1) is 11.3 Å². The molecule has 1 saturated heterocycles. The average molecular weight is 443 g/mol. The van der Waals surface area contributed by atoms with Gasteiger partial charge in [-0.25, -0.2) is 4.79 Å². The lowest BCUT2D eigenvalue weighted by atomic mass is 10.2. The summed E-state index contributed by atoms with van der Waals surface area (Å²) in [4.78, 5) is 31.0. The number of carbonyl (C=O) groups excluding carboxylic acids is 2. The molecule has 0 bridgehead atoms. The van der Waals surface area contributed by atoms with Gasteiger partial charge in [-0.05, 0) is 56.2 Å². The van der Waals surface area contributed by atoms with Crippen molar-refractivity contribution in [3.8, 4) is 0 Å². The lowest BCUT2D eigenvalue weighted by Crippen LogP contribution is -2.77. The zero-order valence-corrected chi connectivity index (χ0v) is 18.3. The first-order valence-electron chi connectivity index (χ1n) is 10.5. The zero-order chi connectivity index (χ0) is 21.8. The van der Waals surface area contributed by atoms with Gasteiger partial charge >= 0.3 is 6.09 Å². The lowest BCUT2D eigenvalue weighted by Gasteiger charge is -2.14.